The van der Waals surface area contributed by atoms with E-state index in [4.69, 9.17) is 22.3 Å². The van der Waals surface area contributed by atoms with Crippen LogP contribution in [0, 0.1) is 10.8 Å². The van der Waals surface area contributed by atoms with Crippen molar-refractivity contribution in [3.05, 3.63) is 30.5 Å². The monoisotopic (exact) mass is 341 g/mol. The molecule has 1 saturated heterocycles. The van der Waals surface area contributed by atoms with Crippen molar-refractivity contribution in [1.82, 2.24) is 25.2 Å². The Hall–Kier alpha value is -2.94. The summed E-state index contributed by atoms with van der Waals surface area (Å²) in [4.78, 5) is 13.4. The van der Waals surface area contributed by atoms with Gasteiger partial charge in [0.25, 0.3) is 0 Å². The molecular formula is C16H23N9. The maximum absolute atomic E-state index is 7.76. The molecule has 0 amide bonds. The molecule has 0 bridgehead atoms. The SMILES string of the molecule is N=C/C(=C\NC1(CN)CCN(C(=N)N)CC1)c1ncnc2[nH]ccc12. The third-order valence-electron chi connectivity index (χ3n) is 4.77. The zero-order valence-corrected chi connectivity index (χ0v) is 13.9. The molecule has 1 fully saturated rings. The molecule has 25 heavy (non-hydrogen) atoms. The number of nitrogens with two attached hydrogens (primary N) is 2. The van der Waals surface area contributed by atoms with Gasteiger partial charge in [-0.1, -0.05) is 0 Å². The zero-order chi connectivity index (χ0) is 17.9. The predicted molar refractivity (Wildman–Crippen MR) is 98.3 cm³/mol. The van der Waals surface area contributed by atoms with Crippen molar-refractivity contribution in [3.8, 4) is 0 Å². The van der Waals surface area contributed by atoms with E-state index in [0.29, 0.717) is 30.9 Å². The van der Waals surface area contributed by atoms with Crippen molar-refractivity contribution in [3.63, 3.8) is 0 Å². The molecule has 9 nitrogen and oxygen atoms in total. The summed E-state index contributed by atoms with van der Waals surface area (Å²) in [6, 6.07) is 1.89. The minimum Gasteiger partial charge on any atom is -0.383 e. The minimum absolute atomic E-state index is 0.0946. The van der Waals surface area contributed by atoms with Gasteiger partial charge in [0, 0.05) is 49.2 Å². The fourth-order valence-electron chi connectivity index (χ4n) is 3.09. The normalized spacial score (nSPS) is 17.5. The Morgan fingerprint density at radius 3 is 2.80 bits per heavy atom. The maximum Gasteiger partial charge on any atom is 0.188 e. The Labute approximate surface area is 145 Å². The molecule has 0 radical (unpaired) electrons. The van der Waals surface area contributed by atoms with Gasteiger partial charge in [0.2, 0.25) is 0 Å². The van der Waals surface area contributed by atoms with Gasteiger partial charge in [-0.3, -0.25) is 5.41 Å². The number of rotatable bonds is 5. The molecule has 0 spiro atoms. The number of guanidine groups is 1. The van der Waals surface area contributed by atoms with Crippen molar-refractivity contribution in [2.75, 3.05) is 19.6 Å². The largest absolute Gasteiger partial charge is 0.383 e. The van der Waals surface area contributed by atoms with Gasteiger partial charge in [0.05, 0.1) is 11.2 Å². The second kappa shape index (κ2) is 6.89. The highest BCUT2D eigenvalue weighted by molar-refractivity contribution is 6.11. The standard InChI is InChI=1S/C16H23N9/c17-7-11(13-12-1-4-21-14(12)23-10-22-13)8-24-16(9-18)2-5-25(6-3-16)15(19)20/h1,4,7-8,10,17,24H,2-3,5-6,9,18H2,(H3,19,20)(H,21,22,23)/b11-8+,17-7?. The van der Waals surface area contributed by atoms with Crippen LogP contribution in [0.15, 0.2) is 24.8 Å². The van der Waals surface area contributed by atoms with Crippen LogP contribution in [0.25, 0.3) is 16.6 Å². The van der Waals surface area contributed by atoms with Crippen LogP contribution in [0.2, 0.25) is 0 Å². The molecular weight excluding hydrogens is 318 g/mol. The number of allylic oxidation sites excluding steroid dienone is 1. The van der Waals surface area contributed by atoms with Crippen LogP contribution < -0.4 is 16.8 Å². The Bertz CT molecular complexity index is 799. The Balaban J connectivity index is 1.82. The van der Waals surface area contributed by atoms with Gasteiger partial charge in [0.1, 0.15) is 12.0 Å². The number of aromatic amines is 1. The van der Waals surface area contributed by atoms with E-state index >= 15 is 0 Å². The number of H-pyrrole nitrogens is 1. The summed E-state index contributed by atoms with van der Waals surface area (Å²) < 4.78 is 0. The molecule has 132 valence electrons. The lowest BCUT2D eigenvalue weighted by molar-refractivity contribution is 0.206. The van der Waals surface area contributed by atoms with Gasteiger partial charge in [-0.15, -0.1) is 0 Å². The summed E-state index contributed by atoms with van der Waals surface area (Å²) in [5.41, 5.74) is 13.4. The lowest BCUT2D eigenvalue weighted by atomic mass is 9.87. The van der Waals surface area contributed by atoms with Crippen molar-refractivity contribution in [2.45, 2.75) is 18.4 Å². The van der Waals surface area contributed by atoms with Crippen molar-refractivity contribution in [2.24, 2.45) is 11.5 Å². The van der Waals surface area contributed by atoms with E-state index in [1.165, 1.54) is 12.5 Å². The Morgan fingerprint density at radius 2 is 2.16 bits per heavy atom. The number of aromatic nitrogens is 3. The number of nitrogens with zero attached hydrogens (tertiary/aromatic N) is 3. The van der Waals surface area contributed by atoms with Gasteiger partial charge >= 0.3 is 0 Å². The molecule has 0 atom stereocenters. The first kappa shape index (κ1) is 16.9. The number of hydrogen-bond acceptors (Lipinski definition) is 6. The minimum atomic E-state index is -0.273. The summed E-state index contributed by atoms with van der Waals surface area (Å²) in [7, 11) is 0. The number of hydrogen-bond donors (Lipinski definition) is 6. The second-order valence-corrected chi connectivity index (χ2v) is 6.21. The smallest absolute Gasteiger partial charge is 0.188 e. The molecule has 0 saturated carbocycles. The first-order valence-corrected chi connectivity index (χ1v) is 8.14. The maximum atomic E-state index is 7.76. The number of fused-ring (bicyclic) bond motifs is 1. The van der Waals surface area contributed by atoms with Crippen LogP contribution in [0.1, 0.15) is 18.5 Å². The van der Waals surface area contributed by atoms with E-state index in [2.05, 4.69) is 20.3 Å². The van der Waals surface area contributed by atoms with E-state index in [9.17, 15) is 0 Å². The predicted octanol–water partition coefficient (Wildman–Crippen LogP) is 0.225. The highest BCUT2D eigenvalue weighted by Gasteiger charge is 2.33. The summed E-state index contributed by atoms with van der Waals surface area (Å²) in [5, 5.41) is 19.6. The fraction of sp³-hybridized carbons (Fsp3) is 0.375. The number of nitrogens with one attached hydrogen (secondary N) is 4. The average Bonchev–Trinajstić information content (AvgIpc) is 3.12. The Kier molecular flexibility index (Phi) is 4.66. The van der Waals surface area contributed by atoms with E-state index in [-0.39, 0.29) is 11.5 Å². The quantitative estimate of drug-likeness (QED) is 0.337. The number of piperidine rings is 1. The summed E-state index contributed by atoms with van der Waals surface area (Å²) in [6.07, 6.45) is 7.91. The molecule has 0 aliphatic carbocycles. The van der Waals surface area contributed by atoms with Gasteiger partial charge in [-0.2, -0.15) is 0 Å². The number of likely N-dealkylation sites (tertiary alicyclic amines) is 1. The molecule has 9 heteroatoms. The topological polar surface area (TPSA) is 157 Å². The van der Waals surface area contributed by atoms with E-state index in [1.807, 2.05) is 11.0 Å². The average molecular weight is 341 g/mol. The third kappa shape index (κ3) is 3.31. The van der Waals surface area contributed by atoms with Crippen molar-refractivity contribution < 1.29 is 0 Å². The fourth-order valence-corrected chi connectivity index (χ4v) is 3.09. The van der Waals surface area contributed by atoms with Crippen LogP contribution in [-0.4, -0.2) is 57.2 Å². The molecule has 0 aromatic carbocycles. The summed E-state index contributed by atoms with van der Waals surface area (Å²) in [5.74, 6) is 0.0946. The third-order valence-corrected chi connectivity index (χ3v) is 4.77. The second-order valence-electron chi connectivity index (χ2n) is 6.21. The summed E-state index contributed by atoms with van der Waals surface area (Å²) >= 11 is 0. The van der Waals surface area contributed by atoms with Crippen molar-refractivity contribution >= 4 is 28.8 Å². The zero-order valence-electron chi connectivity index (χ0n) is 13.9. The van der Waals surface area contributed by atoms with Crippen LogP contribution >= 0.6 is 0 Å². The van der Waals surface area contributed by atoms with Gasteiger partial charge in [-0.05, 0) is 18.9 Å². The molecule has 0 unspecified atom stereocenters. The highest BCUT2D eigenvalue weighted by Crippen LogP contribution is 2.23. The first-order valence-electron chi connectivity index (χ1n) is 8.14. The molecule has 3 rings (SSSR count). The molecule has 3 heterocycles. The van der Waals surface area contributed by atoms with E-state index < -0.39 is 0 Å². The Morgan fingerprint density at radius 1 is 1.40 bits per heavy atom. The van der Waals surface area contributed by atoms with E-state index in [1.54, 1.807) is 12.4 Å². The lowest BCUT2D eigenvalue weighted by Gasteiger charge is -2.41. The van der Waals surface area contributed by atoms with Gasteiger partial charge in [-0.25, -0.2) is 9.97 Å². The molecule has 1 aliphatic rings. The first-order chi connectivity index (χ1) is 12.1. The highest BCUT2D eigenvalue weighted by atomic mass is 15.2. The molecule has 8 N–H and O–H groups in total. The summed E-state index contributed by atoms with van der Waals surface area (Å²) in [6.45, 7) is 1.83. The van der Waals surface area contributed by atoms with Gasteiger partial charge in [0.15, 0.2) is 5.96 Å². The van der Waals surface area contributed by atoms with Crippen LogP contribution in [0.5, 0.6) is 0 Å². The van der Waals surface area contributed by atoms with Crippen molar-refractivity contribution in [1.29, 1.82) is 10.8 Å². The van der Waals surface area contributed by atoms with Crippen LogP contribution in [-0.2, 0) is 0 Å². The lowest BCUT2D eigenvalue weighted by Crippen LogP contribution is -2.57. The van der Waals surface area contributed by atoms with Crippen LogP contribution in [0.4, 0.5) is 0 Å². The molecule has 1 aliphatic heterocycles. The van der Waals surface area contributed by atoms with E-state index in [0.717, 1.165) is 23.9 Å². The van der Waals surface area contributed by atoms with Crippen LogP contribution in [0.3, 0.4) is 0 Å². The van der Waals surface area contributed by atoms with Gasteiger partial charge < -0.3 is 32.1 Å². The molecule has 2 aromatic rings. The molecule has 2 aromatic heterocycles.